The molecule has 0 spiro atoms. The van der Waals surface area contributed by atoms with Gasteiger partial charge in [0, 0.05) is 39.0 Å². The second kappa shape index (κ2) is 8.04. The van der Waals surface area contributed by atoms with Crippen LogP contribution in [0.15, 0.2) is 0 Å². The predicted octanol–water partition coefficient (Wildman–Crippen LogP) is -0.755. The number of hydrogen-bond donors (Lipinski definition) is 2. The van der Waals surface area contributed by atoms with Gasteiger partial charge in [0.05, 0.1) is 12.4 Å². The fourth-order valence-electron chi connectivity index (χ4n) is 1.06. The molecule has 6 heteroatoms. The Hall–Kier alpha value is -0.170. The van der Waals surface area contributed by atoms with Crippen molar-refractivity contribution in [3.63, 3.8) is 0 Å². The van der Waals surface area contributed by atoms with Gasteiger partial charge in [-0.05, 0) is 6.92 Å². The Labute approximate surface area is 92.5 Å². The molecule has 0 aliphatic rings. The van der Waals surface area contributed by atoms with E-state index in [1.165, 1.54) is 6.26 Å². The molecule has 0 aromatic rings. The lowest BCUT2D eigenvalue weighted by Crippen LogP contribution is -2.39. The van der Waals surface area contributed by atoms with Crippen molar-refractivity contribution in [2.45, 2.75) is 13.0 Å². The van der Waals surface area contributed by atoms with Crippen molar-refractivity contribution in [3.05, 3.63) is 0 Å². The second-order valence-electron chi connectivity index (χ2n) is 3.68. The molecule has 0 heterocycles. The topological polar surface area (TPSA) is 67.4 Å². The summed E-state index contributed by atoms with van der Waals surface area (Å²) in [5, 5.41) is 6.33. The van der Waals surface area contributed by atoms with Crippen molar-refractivity contribution in [1.82, 2.24) is 10.6 Å². The standard InChI is InChI=1S/C9H22N2O3S/c1-9(8-10-4-6-14-2)11-5-7-15(3,12)13/h9-11H,4-8H2,1-3H3. The average Bonchev–Trinajstić information content (AvgIpc) is 2.10. The molecular weight excluding hydrogens is 216 g/mol. The van der Waals surface area contributed by atoms with Crippen molar-refractivity contribution < 1.29 is 13.2 Å². The summed E-state index contributed by atoms with van der Waals surface area (Å²) in [4.78, 5) is 0. The van der Waals surface area contributed by atoms with Crippen LogP contribution in [0.25, 0.3) is 0 Å². The van der Waals surface area contributed by atoms with E-state index in [9.17, 15) is 8.42 Å². The number of hydrogen-bond acceptors (Lipinski definition) is 5. The predicted molar refractivity (Wildman–Crippen MR) is 61.9 cm³/mol. The molecule has 0 aromatic heterocycles. The first kappa shape index (κ1) is 14.8. The monoisotopic (exact) mass is 238 g/mol. The van der Waals surface area contributed by atoms with Crippen molar-refractivity contribution >= 4 is 9.84 Å². The third-order valence-corrected chi connectivity index (χ3v) is 2.84. The summed E-state index contributed by atoms with van der Waals surface area (Å²) in [7, 11) is -1.19. The number of rotatable bonds is 9. The van der Waals surface area contributed by atoms with Crippen molar-refractivity contribution in [2.24, 2.45) is 0 Å². The first-order chi connectivity index (χ1) is 6.95. The molecule has 0 aliphatic heterocycles. The highest BCUT2D eigenvalue weighted by Crippen LogP contribution is 1.83. The third kappa shape index (κ3) is 11.8. The van der Waals surface area contributed by atoms with Gasteiger partial charge in [-0.25, -0.2) is 8.42 Å². The SMILES string of the molecule is COCCNCC(C)NCCS(C)(=O)=O. The lowest BCUT2D eigenvalue weighted by molar-refractivity contribution is 0.198. The van der Waals surface area contributed by atoms with Crippen LogP contribution in [0.2, 0.25) is 0 Å². The Balaban J connectivity index is 3.37. The first-order valence-corrected chi connectivity index (χ1v) is 7.12. The normalized spacial score (nSPS) is 14.1. The Morgan fingerprint density at radius 1 is 1.33 bits per heavy atom. The van der Waals surface area contributed by atoms with Gasteiger partial charge in [-0.1, -0.05) is 0 Å². The van der Waals surface area contributed by atoms with E-state index in [0.29, 0.717) is 13.2 Å². The lowest BCUT2D eigenvalue weighted by atomic mass is 10.3. The fraction of sp³-hybridized carbons (Fsp3) is 1.00. The molecule has 2 N–H and O–H groups in total. The molecule has 15 heavy (non-hydrogen) atoms. The zero-order chi connectivity index (χ0) is 11.7. The highest BCUT2D eigenvalue weighted by atomic mass is 32.2. The smallest absolute Gasteiger partial charge is 0.148 e. The Morgan fingerprint density at radius 2 is 2.00 bits per heavy atom. The van der Waals surface area contributed by atoms with Crippen LogP contribution in [0, 0.1) is 0 Å². The lowest BCUT2D eigenvalue weighted by Gasteiger charge is -2.14. The van der Waals surface area contributed by atoms with E-state index in [-0.39, 0.29) is 11.8 Å². The molecule has 0 rings (SSSR count). The summed E-state index contributed by atoms with van der Waals surface area (Å²) in [6.45, 7) is 4.84. The van der Waals surface area contributed by atoms with E-state index in [1.54, 1.807) is 7.11 Å². The van der Waals surface area contributed by atoms with Gasteiger partial charge >= 0.3 is 0 Å². The maximum Gasteiger partial charge on any atom is 0.148 e. The third-order valence-electron chi connectivity index (χ3n) is 1.90. The summed E-state index contributed by atoms with van der Waals surface area (Å²) in [5.74, 6) is 0.190. The second-order valence-corrected chi connectivity index (χ2v) is 5.94. The quantitative estimate of drug-likeness (QED) is 0.517. The largest absolute Gasteiger partial charge is 0.383 e. The van der Waals surface area contributed by atoms with Crippen LogP contribution in [0.4, 0.5) is 0 Å². The molecular formula is C9H22N2O3S. The van der Waals surface area contributed by atoms with Crippen LogP contribution >= 0.6 is 0 Å². The minimum Gasteiger partial charge on any atom is -0.383 e. The van der Waals surface area contributed by atoms with Gasteiger partial charge in [0.2, 0.25) is 0 Å². The maximum absolute atomic E-state index is 10.8. The van der Waals surface area contributed by atoms with Gasteiger partial charge in [0.1, 0.15) is 9.84 Å². The molecule has 0 amide bonds. The number of methoxy groups -OCH3 is 1. The number of nitrogens with one attached hydrogen (secondary N) is 2. The maximum atomic E-state index is 10.8. The van der Waals surface area contributed by atoms with Crippen LogP contribution < -0.4 is 10.6 Å². The van der Waals surface area contributed by atoms with Crippen LogP contribution in [-0.2, 0) is 14.6 Å². The zero-order valence-electron chi connectivity index (χ0n) is 9.75. The minimum absolute atomic E-state index is 0.190. The van der Waals surface area contributed by atoms with Gasteiger partial charge in [-0.3, -0.25) is 0 Å². The zero-order valence-corrected chi connectivity index (χ0v) is 10.6. The molecule has 0 aromatic carbocycles. The van der Waals surface area contributed by atoms with Gasteiger partial charge in [0.15, 0.2) is 0 Å². The molecule has 0 saturated heterocycles. The van der Waals surface area contributed by atoms with Crippen LogP contribution in [0.1, 0.15) is 6.92 Å². The molecule has 0 aliphatic carbocycles. The van der Waals surface area contributed by atoms with E-state index in [4.69, 9.17) is 4.74 Å². The van der Waals surface area contributed by atoms with E-state index in [1.807, 2.05) is 6.92 Å². The summed E-state index contributed by atoms with van der Waals surface area (Å²) in [6.07, 6.45) is 1.25. The molecule has 0 radical (unpaired) electrons. The highest BCUT2D eigenvalue weighted by molar-refractivity contribution is 7.90. The highest BCUT2D eigenvalue weighted by Gasteiger charge is 2.04. The van der Waals surface area contributed by atoms with Gasteiger partial charge in [0.25, 0.3) is 0 Å². The van der Waals surface area contributed by atoms with Crippen molar-refractivity contribution in [3.8, 4) is 0 Å². The van der Waals surface area contributed by atoms with E-state index in [2.05, 4.69) is 10.6 Å². The molecule has 1 unspecified atom stereocenters. The van der Waals surface area contributed by atoms with Gasteiger partial charge in [-0.2, -0.15) is 0 Å². The van der Waals surface area contributed by atoms with Crippen molar-refractivity contribution in [2.75, 3.05) is 45.4 Å². The first-order valence-electron chi connectivity index (χ1n) is 5.06. The van der Waals surface area contributed by atoms with Gasteiger partial charge in [-0.15, -0.1) is 0 Å². The van der Waals surface area contributed by atoms with E-state index < -0.39 is 9.84 Å². The molecule has 0 fully saturated rings. The summed E-state index contributed by atoms with van der Waals surface area (Å²) < 4.78 is 26.6. The summed E-state index contributed by atoms with van der Waals surface area (Å²) >= 11 is 0. The van der Waals surface area contributed by atoms with Gasteiger partial charge < -0.3 is 15.4 Å². The van der Waals surface area contributed by atoms with Crippen LogP contribution in [0.3, 0.4) is 0 Å². The summed E-state index contributed by atoms with van der Waals surface area (Å²) in [5.41, 5.74) is 0. The van der Waals surface area contributed by atoms with Crippen LogP contribution in [-0.4, -0.2) is 59.8 Å². The minimum atomic E-state index is -2.85. The fourth-order valence-corrected chi connectivity index (χ4v) is 1.54. The average molecular weight is 238 g/mol. The number of sulfone groups is 1. The number of ether oxygens (including phenoxy) is 1. The molecule has 92 valence electrons. The summed E-state index contributed by atoms with van der Waals surface area (Å²) in [6, 6.07) is 0.267. The molecule has 1 atom stereocenters. The van der Waals surface area contributed by atoms with Crippen molar-refractivity contribution in [1.29, 1.82) is 0 Å². The molecule has 0 bridgehead atoms. The van der Waals surface area contributed by atoms with E-state index in [0.717, 1.165) is 13.1 Å². The molecule has 5 nitrogen and oxygen atoms in total. The Kier molecular flexibility index (Phi) is 7.95. The van der Waals surface area contributed by atoms with E-state index >= 15 is 0 Å². The Bertz CT molecular complexity index is 242. The van der Waals surface area contributed by atoms with Crippen LogP contribution in [0.5, 0.6) is 0 Å². The Morgan fingerprint density at radius 3 is 2.53 bits per heavy atom. The molecule has 0 saturated carbocycles.